The van der Waals surface area contributed by atoms with Crippen molar-refractivity contribution in [3.8, 4) is 0 Å². The van der Waals surface area contributed by atoms with E-state index in [0.29, 0.717) is 0 Å². The third-order valence-electron chi connectivity index (χ3n) is 4.79. The molecule has 0 bridgehead atoms. The lowest BCUT2D eigenvalue weighted by Crippen LogP contribution is -2.05. The Hall–Kier alpha value is -1.30. The summed E-state index contributed by atoms with van der Waals surface area (Å²) in [5, 5.41) is 2.93. The van der Waals surface area contributed by atoms with Crippen LogP contribution < -0.4 is 0 Å². The molecule has 0 atom stereocenters. The van der Waals surface area contributed by atoms with Gasteiger partial charge >= 0.3 is 0 Å². The fourth-order valence-corrected chi connectivity index (χ4v) is 3.57. The summed E-state index contributed by atoms with van der Waals surface area (Å²) in [5.41, 5.74) is 5.86. The van der Waals surface area contributed by atoms with Gasteiger partial charge in [0.25, 0.3) is 0 Å². The molecular weight excluding hydrogens is 228 g/mol. The summed E-state index contributed by atoms with van der Waals surface area (Å²) in [6, 6.07) is 9.55. The van der Waals surface area contributed by atoms with Crippen molar-refractivity contribution in [1.29, 1.82) is 0 Å². The molecule has 0 aromatic heterocycles. The normalized spacial score (nSPS) is 17.0. The van der Waals surface area contributed by atoms with Crippen molar-refractivity contribution < 1.29 is 0 Å². The molecule has 1 fully saturated rings. The Balaban J connectivity index is 2.18. The van der Waals surface area contributed by atoms with Crippen LogP contribution >= 0.6 is 0 Å². The van der Waals surface area contributed by atoms with Gasteiger partial charge in [-0.2, -0.15) is 0 Å². The summed E-state index contributed by atoms with van der Waals surface area (Å²) >= 11 is 0. The smallest absolute Gasteiger partial charge is 0.0146 e. The van der Waals surface area contributed by atoms with Gasteiger partial charge in [0.2, 0.25) is 0 Å². The van der Waals surface area contributed by atoms with Gasteiger partial charge in [-0.05, 0) is 67.0 Å². The Bertz CT molecular complexity index is 601. The monoisotopic (exact) mass is 252 g/mol. The van der Waals surface area contributed by atoms with E-state index in [1.807, 2.05) is 0 Å². The Morgan fingerprint density at radius 2 is 1.47 bits per heavy atom. The minimum absolute atomic E-state index is 0.790. The number of aryl methyl sites for hydroxylation is 3. The number of hydrogen-bond acceptors (Lipinski definition) is 0. The molecule has 1 aliphatic rings. The average Bonchev–Trinajstić information content (AvgIpc) is 2.41. The van der Waals surface area contributed by atoms with Crippen LogP contribution in [0.5, 0.6) is 0 Å². The first-order valence-electron chi connectivity index (χ1n) is 7.66. The second kappa shape index (κ2) is 5.00. The molecule has 0 nitrogen and oxygen atoms in total. The number of benzene rings is 2. The molecule has 3 rings (SSSR count). The largest absolute Gasteiger partial charge is 0.0552 e. The average molecular weight is 252 g/mol. The summed E-state index contributed by atoms with van der Waals surface area (Å²) in [4.78, 5) is 0. The molecular formula is C19H24. The van der Waals surface area contributed by atoms with E-state index in [2.05, 4.69) is 45.0 Å². The minimum Gasteiger partial charge on any atom is -0.0552 e. The van der Waals surface area contributed by atoms with Crippen LogP contribution in [-0.4, -0.2) is 0 Å². The second-order valence-corrected chi connectivity index (χ2v) is 6.35. The summed E-state index contributed by atoms with van der Waals surface area (Å²) in [6.45, 7) is 6.69. The molecule has 0 amide bonds. The standard InChI is InChI=1S/C19H24/c1-13-9-17-11-14(2)15(3)12-19(17)18(10-13)16-7-5-4-6-8-16/h9-12,16H,4-8H2,1-3H3. The lowest BCUT2D eigenvalue weighted by Gasteiger charge is -2.24. The zero-order chi connectivity index (χ0) is 13.4. The molecule has 0 radical (unpaired) electrons. The van der Waals surface area contributed by atoms with Crippen molar-refractivity contribution in [3.05, 3.63) is 46.5 Å². The van der Waals surface area contributed by atoms with Crippen molar-refractivity contribution in [2.45, 2.75) is 58.8 Å². The quantitative estimate of drug-likeness (QED) is 0.600. The van der Waals surface area contributed by atoms with E-state index in [1.165, 1.54) is 59.6 Å². The van der Waals surface area contributed by atoms with Gasteiger partial charge in [0.15, 0.2) is 0 Å². The molecule has 0 unspecified atom stereocenters. The van der Waals surface area contributed by atoms with Crippen molar-refractivity contribution in [2.75, 3.05) is 0 Å². The molecule has 0 heteroatoms. The first-order chi connectivity index (χ1) is 9.15. The molecule has 1 saturated carbocycles. The van der Waals surface area contributed by atoms with Crippen LogP contribution in [0.25, 0.3) is 10.8 Å². The van der Waals surface area contributed by atoms with Crippen molar-refractivity contribution in [3.63, 3.8) is 0 Å². The lowest BCUT2D eigenvalue weighted by atomic mass is 9.81. The molecule has 0 N–H and O–H groups in total. The molecule has 0 aliphatic heterocycles. The zero-order valence-corrected chi connectivity index (χ0v) is 12.4. The van der Waals surface area contributed by atoms with Gasteiger partial charge < -0.3 is 0 Å². The first kappa shape index (κ1) is 12.7. The van der Waals surface area contributed by atoms with Crippen LogP contribution in [0.15, 0.2) is 24.3 Å². The number of rotatable bonds is 1. The highest BCUT2D eigenvalue weighted by Gasteiger charge is 2.18. The van der Waals surface area contributed by atoms with Gasteiger partial charge in [-0.3, -0.25) is 0 Å². The molecule has 2 aromatic carbocycles. The number of hydrogen-bond donors (Lipinski definition) is 0. The predicted octanol–water partition coefficient (Wildman–Crippen LogP) is 5.81. The maximum atomic E-state index is 2.44. The van der Waals surface area contributed by atoms with E-state index < -0.39 is 0 Å². The van der Waals surface area contributed by atoms with Gasteiger partial charge in [-0.15, -0.1) is 0 Å². The van der Waals surface area contributed by atoms with E-state index in [4.69, 9.17) is 0 Å². The van der Waals surface area contributed by atoms with E-state index in [1.54, 1.807) is 5.56 Å². The second-order valence-electron chi connectivity index (χ2n) is 6.35. The van der Waals surface area contributed by atoms with E-state index in [0.717, 1.165) is 5.92 Å². The first-order valence-corrected chi connectivity index (χ1v) is 7.66. The maximum Gasteiger partial charge on any atom is -0.0146 e. The van der Waals surface area contributed by atoms with E-state index in [-0.39, 0.29) is 0 Å². The fraction of sp³-hybridized carbons (Fsp3) is 0.474. The maximum absolute atomic E-state index is 2.44. The molecule has 0 spiro atoms. The van der Waals surface area contributed by atoms with Gasteiger partial charge in [0.05, 0.1) is 0 Å². The van der Waals surface area contributed by atoms with Gasteiger partial charge in [-0.1, -0.05) is 49.1 Å². The summed E-state index contributed by atoms with van der Waals surface area (Å²) in [7, 11) is 0. The Morgan fingerprint density at radius 3 is 2.21 bits per heavy atom. The Labute approximate surface area is 116 Å². The van der Waals surface area contributed by atoms with Gasteiger partial charge in [0, 0.05) is 0 Å². The van der Waals surface area contributed by atoms with E-state index >= 15 is 0 Å². The Morgan fingerprint density at radius 1 is 0.789 bits per heavy atom. The SMILES string of the molecule is Cc1cc(C2CCCCC2)c2cc(C)c(C)cc2c1. The Kier molecular flexibility index (Phi) is 3.35. The van der Waals surface area contributed by atoms with Gasteiger partial charge in [0.1, 0.15) is 0 Å². The molecule has 1 aliphatic carbocycles. The van der Waals surface area contributed by atoms with Crippen LogP contribution in [0.2, 0.25) is 0 Å². The summed E-state index contributed by atoms with van der Waals surface area (Å²) < 4.78 is 0. The fourth-order valence-electron chi connectivity index (χ4n) is 3.57. The molecule has 0 saturated heterocycles. The summed E-state index contributed by atoms with van der Waals surface area (Å²) in [6.07, 6.45) is 7.01. The third kappa shape index (κ3) is 2.41. The minimum atomic E-state index is 0.790. The van der Waals surface area contributed by atoms with E-state index in [9.17, 15) is 0 Å². The van der Waals surface area contributed by atoms with Crippen LogP contribution in [0.4, 0.5) is 0 Å². The highest BCUT2D eigenvalue weighted by Crippen LogP contribution is 2.37. The van der Waals surface area contributed by atoms with Crippen molar-refractivity contribution in [2.24, 2.45) is 0 Å². The van der Waals surface area contributed by atoms with Crippen LogP contribution in [0, 0.1) is 20.8 Å². The molecule has 0 heterocycles. The van der Waals surface area contributed by atoms with Crippen LogP contribution in [0.1, 0.15) is 60.3 Å². The topological polar surface area (TPSA) is 0 Å². The predicted molar refractivity (Wildman–Crippen MR) is 84.0 cm³/mol. The molecule has 19 heavy (non-hydrogen) atoms. The molecule has 2 aromatic rings. The summed E-state index contributed by atoms with van der Waals surface area (Å²) in [5.74, 6) is 0.790. The van der Waals surface area contributed by atoms with Crippen LogP contribution in [-0.2, 0) is 0 Å². The van der Waals surface area contributed by atoms with Crippen molar-refractivity contribution >= 4 is 10.8 Å². The molecule has 100 valence electrons. The third-order valence-corrected chi connectivity index (χ3v) is 4.79. The van der Waals surface area contributed by atoms with Crippen LogP contribution in [0.3, 0.4) is 0 Å². The highest BCUT2D eigenvalue weighted by atomic mass is 14.2. The van der Waals surface area contributed by atoms with Gasteiger partial charge in [-0.25, -0.2) is 0 Å². The zero-order valence-electron chi connectivity index (χ0n) is 12.4. The highest BCUT2D eigenvalue weighted by molar-refractivity contribution is 5.88. The lowest BCUT2D eigenvalue weighted by molar-refractivity contribution is 0.445. The van der Waals surface area contributed by atoms with Crippen molar-refractivity contribution in [1.82, 2.24) is 0 Å². The number of fused-ring (bicyclic) bond motifs is 1.